The smallest absolute Gasteiger partial charge is 0.270 e. The lowest BCUT2D eigenvalue weighted by atomic mass is 10.1. The molecule has 5 heteroatoms. The summed E-state index contributed by atoms with van der Waals surface area (Å²) in [5, 5.41) is 0. The van der Waals surface area contributed by atoms with Crippen molar-refractivity contribution in [3.63, 3.8) is 0 Å². The maximum absolute atomic E-state index is 12.1. The van der Waals surface area contributed by atoms with Gasteiger partial charge in [-0.2, -0.15) is 0 Å². The van der Waals surface area contributed by atoms with Gasteiger partial charge in [-0.15, -0.1) is 0 Å². The van der Waals surface area contributed by atoms with E-state index in [4.69, 9.17) is 17.0 Å². The van der Waals surface area contributed by atoms with E-state index in [-0.39, 0.29) is 5.91 Å². The fraction of sp³-hybridized carbons (Fsp3) is 0.200. The highest BCUT2D eigenvalue weighted by Crippen LogP contribution is 2.34. The Bertz CT molecular complexity index is 815. The highest BCUT2D eigenvalue weighted by molar-refractivity contribution is 8.27. The van der Waals surface area contributed by atoms with Gasteiger partial charge in [0.15, 0.2) is 4.32 Å². The van der Waals surface area contributed by atoms with Crippen molar-refractivity contribution >= 4 is 39.9 Å². The molecule has 1 amide bonds. The quantitative estimate of drug-likeness (QED) is 0.523. The molecule has 3 rings (SSSR count). The minimum Gasteiger partial charge on any atom is -0.489 e. The molecule has 1 heterocycles. The van der Waals surface area contributed by atoms with E-state index >= 15 is 0 Å². The third-order valence-electron chi connectivity index (χ3n) is 3.87. The molecule has 0 N–H and O–H groups in total. The van der Waals surface area contributed by atoms with Crippen molar-refractivity contribution in [1.29, 1.82) is 0 Å². The molecule has 1 aliphatic heterocycles. The molecule has 0 bridgehead atoms. The molecule has 0 saturated carbocycles. The molecule has 2 aromatic carbocycles. The average molecular weight is 370 g/mol. The van der Waals surface area contributed by atoms with Gasteiger partial charge in [0.05, 0.1) is 10.6 Å². The van der Waals surface area contributed by atoms with E-state index in [2.05, 4.69) is 37.8 Å². The summed E-state index contributed by atoms with van der Waals surface area (Å²) in [5.74, 6) is 0.602. The average Bonchev–Trinajstić information content (AvgIpc) is 2.87. The van der Waals surface area contributed by atoms with Crippen molar-refractivity contribution in [2.75, 3.05) is 4.90 Å². The number of anilines is 1. The van der Waals surface area contributed by atoms with Gasteiger partial charge < -0.3 is 4.74 Å². The molecule has 0 spiro atoms. The number of thiocarbonyl (C=S) groups is 1. The second-order valence-electron chi connectivity index (χ2n) is 5.78. The Morgan fingerprint density at radius 2 is 1.88 bits per heavy atom. The van der Waals surface area contributed by atoms with Gasteiger partial charge in [0, 0.05) is 0 Å². The third-order valence-corrected chi connectivity index (χ3v) is 5.08. The van der Waals surface area contributed by atoms with Crippen molar-refractivity contribution < 1.29 is 9.53 Å². The second-order valence-corrected chi connectivity index (χ2v) is 7.51. The first-order valence-electron chi connectivity index (χ1n) is 8.14. The Morgan fingerprint density at radius 1 is 1.16 bits per heavy atom. The van der Waals surface area contributed by atoms with Gasteiger partial charge in [-0.1, -0.05) is 68.2 Å². The maximum atomic E-state index is 12.1. The number of nitrogens with zero attached hydrogens (tertiary/aromatic N) is 1. The van der Waals surface area contributed by atoms with Gasteiger partial charge in [-0.3, -0.25) is 9.69 Å². The first-order chi connectivity index (χ1) is 12.1. The molecule has 0 aliphatic carbocycles. The van der Waals surface area contributed by atoms with Gasteiger partial charge in [-0.05, 0) is 41.8 Å². The molecule has 0 atom stereocenters. The van der Waals surface area contributed by atoms with Crippen molar-refractivity contribution in [3.05, 3.63) is 71.1 Å². The Morgan fingerprint density at radius 3 is 2.52 bits per heavy atom. The zero-order chi connectivity index (χ0) is 17.8. The Hall–Kier alpha value is -2.11. The molecule has 2 aromatic rings. The Balaban J connectivity index is 1.65. The van der Waals surface area contributed by atoms with E-state index < -0.39 is 0 Å². The molecular weight excluding hydrogens is 350 g/mol. The Labute approximate surface area is 157 Å². The first kappa shape index (κ1) is 17.7. The molecule has 25 heavy (non-hydrogen) atoms. The van der Waals surface area contributed by atoms with E-state index in [9.17, 15) is 4.79 Å². The van der Waals surface area contributed by atoms with Crippen LogP contribution in [-0.2, 0) is 17.8 Å². The largest absolute Gasteiger partial charge is 0.489 e. The summed E-state index contributed by atoms with van der Waals surface area (Å²) in [4.78, 5) is 14.0. The standard InChI is InChI=1S/C20H19NO2S2/c1-3-5-15-6-4-7-16(12-15)13-23-18-10-8-17(9-11-18)21-19(22)14(2)25-20(21)24/h4,6-12H,2-3,5,13H2,1H3. The summed E-state index contributed by atoms with van der Waals surface area (Å²) >= 11 is 6.46. The van der Waals surface area contributed by atoms with Gasteiger partial charge in [0.2, 0.25) is 0 Å². The van der Waals surface area contributed by atoms with Crippen LogP contribution in [0.15, 0.2) is 60.0 Å². The number of benzene rings is 2. The minimum atomic E-state index is -0.156. The summed E-state index contributed by atoms with van der Waals surface area (Å²) < 4.78 is 6.37. The van der Waals surface area contributed by atoms with Crippen molar-refractivity contribution in [1.82, 2.24) is 0 Å². The monoisotopic (exact) mass is 369 g/mol. The van der Waals surface area contributed by atoms with Crippen LogP contribution in [0, 0.1) is 0 Å². The minimum absolute atomic E-state index is 0.156. The number of amides is 1. The third kappa shape index (κ3) is 4.11. The summed E-state index contributed by atoms with van der Waals surface area (Å²) in [5.41, 5.74) is 3.22. The van der Waals surface area contributed by atoms with Crippen LogP contribution in [0.5, 0.6) is 5.75 Å². The molecule has 0 radical (unpaired) electrons. The number of ether oxygens (including phenoxy) is 1. The predicted molar refractivity (Wildman–Crippen MR) is 108 cm³/mol. The van der Waals surface area contributed by atoms with Gasteiger partial charge in [0.1, 0.15) is 12.4 Å². The van der Waals surface area contributed by atoms with Crippen LogP contribution in [0.2, 0.25) is 0 Å². The summed E-state index contributed by atoms with van der Waals surface area (Å²) in [7, 11) is 0. The van der Waals surface area contributed by atoms with E-state index in [0.29, 0.717) is 15.8 Å². The van der Waals surface area contributed by atoms with Crippen LogP contribution < -0.4 is 9.64 Å². The maximum Gasteiger partial charge on any atom is 0.270 e. The molecule has 0 aromatic heterocycles. The van der Waals surface area contributed by atoms with Crippen LogP contribution >= 0.6 is 24.0 Å². The number of thioether (sulfide) groups is 1. The molecule has 128 valence electrons. The van der Waals surface area contributed by atoms with Crippen LogP contribution in [0.4, 0.5) is 5.69 Å². The fourth-order valence-corrected chi connectivity index (χ4v) is 3.81. The topological polar surface area (TPSA) is 29.5 Å². The first-order valence-corrected chi connectivity index (χ1v) is 9.37. The molecule has 3 nitrogen and oxygen atoms in total. The van der Waals surface area contributed by atoms with E-state index in [1.165, 1.54) is 22.2 Å². The van der Waals surface area contributed by atoms with Crippen LogP contribution in [0.3, 0.4) is 0 Å². The molecule has 1 aliphatic rings. The molecular formula is C20H19NO2S2. The number of hydrogen-bond acceptors (Lipinski definition) is 4. The van der Waals surface area contributed by atoms with Crippen molar-refractivity contribution in [3.8, 4) is 5.75 Å². The van der Waals surface area contributed by atoms with Crippen molar-refractivity contribution in [2.45, 2.75) is 26.4 Å². The van der Waals surface area contributed by atoms with Crippen molar-refractivity contribution in [2.24, 2.45) is 0 Å². The lowest BCUT2D eigenvalue weighted by Crippen LogP contribution is -2.27. The molecule has 0 unspecified atom stereocenters. The van der Waals surface area contributed by atoms with Gasteiger partial charge >= 0.3 is 0 Å². The SMILES string of the molecule is C=C1SC(=S)N(c2ccc(OCc3cccc(CCC)c3)cc2)C1=O. The van der Waals surface area contributed by atoms with Crippen LogP contribution in [0.25, 0.3) is 0 Å². The number of rotatable bonds is 6. The van der Waals surface area contributed by atoms with Gasteiger partial charge in [-0.25, -0.2) is 0 Å². The summed E-state index contributed by atoms with van der Waals surface area (Å²) in [6.45, 7) is 6.42. The zero-order valence-electron chi connectivity index (χ0n) is 14.0. The zero-order valence-corrected chi connectivity index (χ0v) is 15.7. The highest BCUT2D eigenvalue weighted by Gasteiger charge is 2.31. The molecule has 1 saturated heterocycles. The van der Waals surface area contributed by atoms with Gasteiger partial charge in [0.25, 0.3) is 5.91 Å². The second kappa shape index (κ2) is 7.85. The summed E-state index contributed by atoms with van der Waals surface area (Å²) in [6, 6.07) is 15.8. The number of hydrogen-bond donors (Lipinski definition) is 0. The number of carbonyl (C=O) groups excluding carboxylic acids is 1. The van der Waals surface area contributed by atoms with E-state index in [1.807, 2.05) is 24.3 Å². The van der Waals surface area contributed by atoms with E-state index in [1.54, 1.807) is 0 Å². The predicted octanol–water partition coefficient (Wildman–Crippen LogP) is 5.10. The summed E-state index contributed by atoms with van der Waals surface area (Å²) in [6.07, 6.45) is 2.21. The normalized spacial score (nSPS) is 14.3. The number of aryl methyl sites for hydroxylation is 1. The molecule has 1 fully saturated rings. The highest BCUT2D eigenvalue weighted by atomic mass is 32.2. The van der Waals surface area contributed by atoms with Crippen LogP contribution in [-0.4, -0.2) is 10.2 Å². The lowest BCUT2D eigenvalue weighted by molar-refractivity contribution is -0.113. The van der Waals surface area contributed by atoms with E-state index in [0.717, 1.165) is 29.8 Å². The van der Waals surface area contributed by atoms with Crippen LogP contribution in [0.1, 0.15) is 24.5 Å². The number of carbonyl (C=O) groups is 1. The lowest BCUT2D eigenvalue weighted by Gasteiger charge is -2.15. The Kier molecular flexibility index (Phi) is 5.56. The fourth-order valence-electron chi connectivity index (χ4n) is 2.65.